The summed E-state index contributed by atoms with van der Waals surface area (Å²) in [7, 11) is 10.9. The standard InChI is InChI=1S/C21H32N6O4S/c1-26(2)9-7-22-15-12-18(31-6)17(30-5)11-14(15)19(28)25-21-24-16(13-32-21)20(29)23-8-10-27(3)4/h11-13,22H,7-10H2,1-6H3,(H,23,29)(H,24,25,28). The maximum Gasteiger partial charge on any atom is 0.270 e. The summed E-state index contributed by atoms with van der Waals surface area (Å²) >= 11 is 1.19. The number of aromatic nitrogens is 1. The molecular formula is C21H32N6O4S. The Morgan fingerprint density at radius 3 is 2.22 bits per heavy atom. The number of anilines is 2. The number of hydrogen-bond acceptors (Lipinski definition) is 9. The van der Waals surface area contributed by atoms with E-state index < -0.39 is 0 Å². The molecule has 0 aliphatic heterocycles. The average Bonchev–Trinajstić information content (AvgIpc) is 3.21. The molecule has 176 valence electrons. The van der Waals surface area contributed by atoms with Crippen molar-refractivity contribution in [1.29, 1.82) is 0 Å². The number of methoxy groups -OCH3 is 2. The number of nitrogens with one attached hydrogen (secondary N) is 3. The van der Waals surface area contributed by atoms with E-state index in [0.29, 0.717) is 41.0 Å². The SMILES string of the molecule is COc1cc(NCCN(C)C)c(C(=O)Nc2nc(C(=O)NCCN(C)C)cs2)cc1OC. The molecule has 3 N–H and O–H groups in total. The quantitative estimate of drug-likeness (QED) is 0.435. The van der Waals surface area contributed by atoms with E-state index in [0.717, 1.165) is 13.1 Å². The van der Waals surface area contributed by atoms with E-state index in [4.69, 9.17) is 9.47 Å². The van der Waals surface area contributed by atoms with Crippen LogP contribution < -0.4 is 25.4 Å². The molecule has 0 fully saturated rings. The van der Waals surface area contributed by atoms with Gasteiger partial charge in [-0.05, 0) is 34.3 Å². The molecule has 1 aromatic heterocycles. The molecule has 32 heavy (non-hydrogen) atoms. The number of likely N-dealkylation sites (N-methyl/N-ethyl adjacent to an activating group) is 2. The van der Waals surface area contributed by atoms with Crippen LogP contribution in [0.25, 0.3) is 0 Å². The van der Waals surface area contributed by atoms with Gasteiger partial charge < -0.3 is 29.9 Å². The Labute approximate surface area is 192 Å². The van der Waals surface area contributed by atoms with Gasteiger partial charge in [-0.1, -0.05) is 0 Å². The largest absolute Gasteiger partial charge is 0.493 e. The first-order valence-electron chi connectivity index (χ1n) is 10.1. The second-order valence-electron chi connectivity index (χ2n) is 7.53. The monoisotopic (exact) mass is 464 g/mol. The summed E-state index contributed by atoms with van der Waals surface area (Å²) in [5.74, 6) is 0.311. The zero-order valence-electron chi connectivity index (χ0n) is 19.4. The van der Waals surface area contributed by atoms with Gasteiger partial charge in [0.15, 0.2) is 16.6 Å². The molecular weight excluding hydrogens is 432 g/mol. The van der Waals surface area contributed by atoms with E-state index in [1.807, 2.05) is 38.0 Å². The molecule has 0 atom stereocenters. The van der Waals surface area contributed by atoms with Crippen LogP contribution in [-0.4, -0.2) is 95.2 Å². The van der Waals surface area contributed by atoms with Gasteiger partial charge >= 0.3 is 0 Å². The minimum atomic E-state index is -0.368. The van der Waals surface area contributed by atoms with Crippen LogP contribution in [0.2, 0.25) is 0 Å². The molecule has 0 aliphatic carbocycles. The summed E-state index contributed by atoms with van der Waals surface area (Å²) in [6.07, 6.45) is 0. The van der Waals surface area contributed by atoms with Crippen molar-refractivity contribution in [1.82, 2.24) is 20.1 Å². The highest BCUT2D eigenvalue weighted by Crippen LogP contribution is 2.34. The second-order valence-corrected chi connectivity index (χ2v) is 8.39. The summed E-state index contributed by atoms with van der Waals surface area (Å²) in [5, 5.41) is 10.8. The molecule has 0 spiro atoms. The zero-order chi connectivity index (χ0) is 23.7. The Morgan fingerprint density at radius 2 is 1.59 bits per heavy atom. The number of benzene rings is 1. The van der Waals surface area contributed by atoms with E-state index in [9.17, 15) is 9.59 Å². The van der Waals surface area contributed by atoms with E-state index >= 15 is 0 Å². The molecule has 0 saturated heterocycles. The first-order valence-corrected chi connectivity index (χ1v) is 11.0. The lowest BCUT2D eigenvalue weighted by atomic mass is 10.1. The molecule has 0 bridgehead atoms. The molecule has 0 unspecified atom stereocenters. The first kappa shape index (κ1) is 25.4. The third-order valence-corrected chi connectivity index (χ3v) is 5.20. The van der Waals surface area contributed by atoms with Gasteiger partial charge in [-0.25, -0.2) is 4.98 Å². The fourth-order valence-electron chi connectivity index (χ4n) is 2.71. The molecule has 2 amide bonds. The Bertz CT molecular complexity index is 916. The van der Waals surface area contributed by atoms with Gasteiger partial charge in [-0.15, -0.1) is 11.3 Å². The van der Waals surface area contributed by atoms with Gasteiger partial charge in [0.05, 0.1) is 25.5 Å². The second kappa shape index (κ2) is 12.2. The lowest BCUT2D eigenvalue weighted by Crippen LogP contribution is -2.31. The van der Waals surface area contributed by atoms with Crippen LogP contribution in [0.3, 0.4) is 0 Å². The maximum absolute atomic E-state index is 13.0. The maximum atomic E-state index is 13.0. The normalized spacial score (nSPS) is 10.9. The van der Waals surface area contributed by atoms with Crippen LogP contribution in [0.15, 0.2) is 17.5 Å². The van der Waals surface area contributed by atoms with Gasteiger partial charge in [-0.2, -0.15) is 0 Å². The predicted octanol–water partition coefficient (Wildman–Crippen LogP) is 1.68. The molecule has 0 saturated carbocycles. The number of amides is 2. The minimum Gasteiger partial charge on any atom is -0.493 e. The van der Waals surface area contributed by atoms with E-state index in [1.165, 1.54) is 18.4 Å². The average molecular weight is 465 g/mol. The highest BCUT2D eigenvalue weighted by atomic mass is 32.1. The number of carbonyl (C=O) groups excluding carboxylic acids is 2. The van der Waals surface area contributed by atoms with Gasteiger partial charge in [-0.3, -0.25) is 14.9 Å². The summed E-state index contributed by atoms with van der Waals surface area (Å²) in [6.45, 7) is 2.66. The van der Waals surface area contributed by atoms with E-state index in [-0.39, 0.29) is 17.5 Å². The highest BCUT2D eigenvalue weighted by Gasteiger charge is 2.19. The highest BCUT2D eigenvalue weighted by molar-refractivity contribution is 7.14. The van der Waals surface area contributed by atoms with Gasteiger partial charge in [0.2, 0.25) is 0 Å². The van der Waals surface area contributed by atoms with Crippen molar-refractivity contribution in [3.63, 3.8) is 0 Å². The van der Waals surface area contributed by atoms with Crippen LogP contribution in [0.5, 0.6) is 11.5 Å². The van der Waals surface area contributed by atoms with Crippen LogP contribution in [0.1, 0.15) is 20.8 Å². The van der Waals surface area contributed by atoms with Crippen molar-refractivity contribution < 1.29 is 19.1 Å². The van der Waals surface area contributed by atoms with E-state index in [1.54, 1.807) is 24.6 Å². The molecule has 1 heterocycles. The smallest absolute Gasteiger partial charge is 0.270 e. The topological polar surface area (TPSA) is 108 Å². The molecule has 2 aromatic rings. The molecule has 10 nitrogen and oxygen atoms in total. The molecule has 11 heteroatoms. The molecule has 2 rings (SSSR count). The fourth-order valence-corrected chi connectivity index (χ4v) is 3.40. The van der Waals surface area contributed by atoms with Crippen LogP contribution in [0, 0.1) is 0 Å². The van der Waals surface area contributed by atoms with Crippen molar-refractivity contribution in [3.8, 4) is 11.5 Å². The number of hydrogen-bond donors (Lipinski definition) is 3. The Morgan fingerprint density at radius 1 is 0.969 bits per heavy atom. The Balaban J connectivity index is 2.16. The van der Waals surface area contributed by atoms with Crippen molar-refractivity contribution in [2.45, 2.75) is 0 Å². The van der Waals surface area contributed by atoms with Crippen LogP contribution in [0.4, 0.5) is 10.8 Å². The third-order valence-electron chi connectivity index (χ3n) is 4.44. The Kier molecular flexibility index (Phi) is 9.69. The summed E-state index contributed by atoms with van der Waals surface area (Å²) in [5.41, 5.74) is 1.26. The van der Waals surface area contributed by atoms with Crippen molar-refractivity contribution in [3.05, 3.63) is 28.8 Å². The Hall–Kier alpha value is -2.89. The third kappa shape index (κ3) is 7.36. The summed E-state index contributed by atoms with van der Waals surface area (Å²) < 4.78 is 10.7. The zero-order valence-corrected chi connectivity index (χ0v) is 20.3. The van der Waals surface area contributed by atoms with Gasteiger partial charge in [0.1, 0.15) is 5.69 Å². The van der Waals surface area contributed by atoms with E-state index in [2.05, 4.69) is 20.9 Å². The summed E-state index contributed by atoms with van der Waals surface area (Å²) in [4.78, 5) is 33.5. The molecule has 1 aromatic carbocycles. The number of ether oxygens (including phenoxy) is 2. The van der Waals surface area contributed by atoms with Gasteiger partial charge in [0, 0.05) is 37.6 Å². The first-order chi connectivity index (χ1) is 15.2. The number of nitrogens with zero attached hydrogens (tertiary/aromatic N) is 3. The number of thiazole rings is 1. The number of rotatable bonds is 12. The molecule has 0 aliphatic rings. The fraction of sp³-hybridized carbons (Fsp3) is 0.476. The lowest BCUT2D eigenvalue weighted by molar-refractivity contribution is 0.0945. The van der Waals surface area contributed by atoms with Crippen molar-refractivity contribution in [2.24, 2.45) is 0 Å². The van der Waals surface area contributed by atoms with Gasteiger partial charge in [0.25, 0.3) is 11.8 Å². The lowest BCUT2D eigenvalue weighted by Gasteiger charge is -2.17. The van der Waals surface area contributed by atoms with Crippen molar-refractivity contribution in [2.75, 3.05) is 79.2 Å². The summed E-state index contributed by atoms with van der Waals surface area (Å²) in [6, 6.07) is 3.35. The van der Waals surface area contributed by atoms with Crippen LogP contribution in [-0.2, 0) is 0 Å². The van der Waals surface area contributed by atoms with Crippen molar-refractivity contribution >= 4 is 34.0 Å². The predicted molar refractivity (Wildman–Crippen MR) is 128 cm³/mol. The minimum absolute atomic E-state index is 0.265. The molecule has 0 radical (unpaired) electrons. The van der Waals surface area contributed by atoms with Crippen LogP contribution >= 0.6 is 11.3 Å². The number of carbonyl (C=O) groups is 2.